The first kappa shape index (κ1) is 23.2. The number of fused-ring (bicyclic) bond motifs is 1. The SMILES string of the molecule is C1CCC1.C=C(CN1CCC(O)C(N)C1)NC1Cc2cccc(C(=O)O)c2OB1N=O. The molecule has 0 aromatic heterocycles. The maximum absolute atomic E-state index is 11.3. The van der Waals surface area contributed by atoms with E-state index in [1.54, 1.807) is 12.1 Å². The summed E-state index contributed by atoms with van der Waals surface area (Å²) in [5.41, 5.74) is 7.29. The molecule has 0 radical (unpaired) electrons. The van der Waals surface area contributed by atoms with Gasteiger partial charge in [0.1, 0.15) is 5.75 Å². The molecule has 3 aliphatic rings. The second kappa shape index (κ2) is 10.7. The summed E-state index contributed by atoms with van der Waals surface area (Å²) < 4.78 is 5.58. The predicted molar refractivity (Wildman–Crippen MR) is 119 cm³/mol. The number of nitrogens with one attached hydrogen (secondary N) is 1. The van der Waals surface area contributed by atoms with Gasteiger partial charge in [-0.2, -0.15) is 4.91 Å². The molecule has 1 saturated heterocycles. The molecule has 0 spiro atoms. The monoisotopic (exact) mass is 430 g/mol. The van der Waals surface area contributed by atoms with Crippen molar-refractivity contribution in [3.63, 3.8) is 0 Å². The van der Waals surface area contributed by atoms with E-state index in [0.717, 1.165) is 0 Å². The number of aromatic carboxylic acids is 1. The zero-order valence-electron chi connectivity index (χ0n) is 17.7. The Labute approximate surface area is 182 Å². The van der Waals surface area contributed by atoms with Crippen LogP contribution in [0.25, 0.3) is 0 Å². The Morgan fingerprint density at radius 1 is 1.35 bits per heavy atom. The van der Waals surface area contributed by atoms with Crippen molar-refractivity contribution in [3.8, 4) is 5.75 Å². The van der Waals surface area contributed by atoms with Gasteiger partial charge in [0.05, 0.1) is 17.6 Å². The number of nitrogens with zero attached hydrogens (tertiary/aromatic N) is 2. The second-order valence-electron chi connectivity index (χ2n) is 8.44. The van der Waals surface area contributed by atoms with Gasteiger partial charge in [-0.15, -0.1) is 0 Å². The number of rotatable bonds is 6. The number of nitrogens with two attached hydrogens (primary N) is 1. The molecule has 2 aliphatic heterocycles. The molecule has 3 atom stereocenters. The van der Waals surface area contributed by atoms with Crippen molar-refractivity contribution in [1.82, 2.24) is 10.2 Å². The highest BCUT2D eigenvalue weighted by Gasteiger charge is 2.40. The summed E-state index contributed by atoms with van der Waals surface area (Å²) in [4.78, 5) is 24.7. The van der Waals surface area contributed by atoms with Crippen LogP contribution in [0, 0.1) is 4.91 Å². The minimum atomic E-state index is -1.11. The summed E-state index contributed by atoms with van der Waals surface area (Å²) in [7, 11) is -1.06. The van der Waals surface area contributed by atoms with Crippen LogP contribution in [0.3, 0.4) is 0 Å². The highest BCUT2D eigenvalue weighted by molar-refractivity contribution is 6.53. The quantitative estimate of drug-likeness (QED) is 0.394. The van der Waals surface area contributed by atoms with E-state index in [2.05, 4.69) is 21.9 Å². The fourth-order valence-electron chi connectivity index (χ4n) is 3.82. The van der Waals surface area contributed by atoms with Crippen LogP contribution < -0.4 is 15.7 Å². The zero-order chi connectivity index (χ0) is 22.4. The molecule has 31 heavy (non-hydrogen) atoms. The predicted octanol–water partition coefficient (Wildman–Crippen LogP) is 1.54. The zero-order valence-corrected chi connectivity index (χ0v) is 17.7. The summed E-state index contributed by atoms with van der Waals surface area (Å²) in [6, 6.07) is 4.55. The molecule has 2 fully saturated rings. The van der Waals surface area contributed by atoms with E-state index in [1.807, 2.05) is 0 Å². The fraction of sp³-hybridized carbons (Fsp3) is 0.571. The molecule has 9 nitrogen and oxygen atoms in total. The molecule has 1 aromatic carbocycles. The van der Waals surface area contributed by atoms with Gasteiger partial charge < -0.3 is 25.9 Å². The van der Waals surface area contributed by atoms with Gasteiger partial charge in [0.15, 0.2) is 0 Å². The Balaban J connectivity index is 0.000000610. The van der Waals surface area contributed by atoms with E-state index < -0.39 is 25.1 Å². The average Bonchev–Trinajstić information content (AvgIpc) is 2.68. The number of carboxylic acid groups (broad SMARTS) is 1. The summed E-state index contributed by atoms with van der Waals surface area (Å²) >= 11 is 0. The van der Waals surface area contributed by atoms with Crippen molar-refractivity contribution < 1.29 is 19.7 Å². The molecule has 2 heterocycles. The van der Waals surface area contributed by atoms with Gasteiger partial charge in [0, 0.05) is 31.4 Å². The fourth-order valence-corrected chi connectivity index (χ4v) is 3.82. The van der Waals surface area contributed by atoms with Crippen molar-refractivity contribution in [3.05, 3.63) is 46.5 Å². The van der Waals surface area contributed by atoms with Crippen molar-refractivity contribution in [1.29, 1.82) is 0 Å². The third-order valence-electron chi connectivity index (χ3n) is 5.96. The largest absolute Gasteiger partial charge is 0.570 e. The first-order valence-corrected chi connectivity index (χ1v) is 10.8. The molecule has 168 valence electrons. The third-order valence-corrected chi connectivity index (χ3v) is 5.96. The Kier molecular flexibility index (Phi) is 8.06. The van der Waals surface area contributed by atoms with Crippen LogP contribution in [0.4, 0.5) is 0 Å². The molecule has 10 heteroatoms. The lowest BCUT2D eigenvalue weighted by Gasteiger charge is -2.35. The van der Waals surface area contributed by atoms with Gasteiger partial charge in [-0.1, -0.05) is 49.5 Å². The van der Waals surface area contributed by atoms with E-state index in [4.69, 9.17) is 10.4 Å². The molecule has 1 saturated carbocycles. The minimum Gasteiger partial charge on any atom is -0.536 e. The molecule has 5 N–H and O–H groups in total. The number of hydrogen-bond donors (Lipinski definition) is 4. The molecule has 1 aliphatic carbocycles. The van der Waals surface area contributed by atoms with Gasteiger partial charge >= 0.3 is 13.0 Å². The number of likely N-dealkylation sites (tertiary alicyclic amines) is 1. The number of piperidine rings is 1. The minimum absolute atomic E-state index is 0.0132. The van der Waals surface area contributed by atoms with Crippen LogP contribution in [0.15, 0.2) is 35.6 Å². The first-order chi connectivity index (χ1) is 14.9. The standard InChI is InChI=1S/C17H23BN4O5.C4H8/c1-10(8-22-6-5-14(23)13(19)9-22)20-15-7-11-3-2-4-12(17(24)25)16(11)27-18(15)21-26;1-2-4-3-1/h2-4,13-15,20,23H,1,5-9,19H2,(H,24,25);1-4H2. The summed E-state index contributed by atoms with van der Waals surface area (Å²) in [6.07, 6.45) is 6.51. The second-order valence-corrected chi connectivity index (χ2v) is 8.44. The lowest BCUT2D eigenvalue weighted by Crippen LogP contribution is -2.54. The van der Waals surface area contributed by atoms with Crippen molar-refractivity contribution in [2.45, 2.75) is 56.6 Å². The van der Waals surface area contributed by atoms with Crippen LogP contribution in [-0.4, -0.2) is 65.9 Å². The van der Waals surface area contributed by atoms with E-state index in [-0.39, 0.29) is 17.4 Å². The number of carboxylic acids is 1. The summed E-state index contributed by atoms with van der Waals surface area (Å²) in [5.74, 6) is -1.37. The Bertz CT molecular complexity index is 800. The number of carbonyl (C=O) groups is 1. The van der Waals surface area contributed by atoms with E-state index in [0.29, 0.717) is 43.7 Å². The lowest BCUT2D eigenvalue weighted by molar-refractivity contribution is 0.0658. The number of para-hydroxylation sites is 1. The number of hydrogen-bond acceptors (Lipinski definition) is 8. The van der Waals surface area contributed by atoms with Gasteiger partial charge in [0.25, 0.3) is 0 Å². The molecule has 1 aromatic rings. The van der Waals surface area contributed by atoms with Gasteiger partial charge in [-0.05, 0) is 24.5 Å². The third kappa shape index (κ3) is 6.06. The van der Waals surface area contributed by atoms with Gasteiger partial charge in [-0.3, -0.25) is 4.90 Å². The highest BCUT2D eigenvalue weighted by Crippen LogP contribution is 2.31. The number of aliphatic hydroxyl groups excluding tert-OH is 1. The van der Waals surface area contributed by atoms with Crippen LogP contribution in [0.1, 0.15) is 48.0 Å². The van der Waals surface area contributed by atoms with Gasteiger partial charge in [0.2, 0.25) is 0 Å². The summed E-state index contributed by atoms with van der Waals surface area (Å²) in [6.45, 7) is 5.79. The van der Waals surface area contributed by atoms with Crippen molar-refractivity contribution >= 4 is 13.0 Å². The maximum atomic E-state index is 11.3. The van der Waals surface area contributed by atoms with Crippen LogP contribution >= 0.6 is 0 Å². The van der Waals surface area contributed by atoms with E-state index in [9.17, 15) is 19.9 Å². The number of benzene rings is 1. The van der Waals surface area contributed by atoms with Crippen LogP contribution in [0.2, 0.25) is 0 Å². The average molecular weight is 430 g/mol. The van der Waals surface area contributed by atoms with Crippen molar-refractivity contribution in [2.24, 2.45) is 10.8 Å². The molecule has 0 amide bonds. The molecule has 3 unspecified atom stereocenters. The number of nitroso groups, excluding NO2 is 1. The van der Waals surface area contributed by atoms with Crippen LogP contribution in [0.5, 0.6) is 5.75 Å². The molecular formula is C21H31BN4O5. The molecule has 4 rings (SSSR count). The smallest absolute Gasteiger partial charge is 0.536 e. The lowest BCUT2D eigenvalue weighted by atomic mass is 9.68. The normalized spacial score (nSPS) is 25.1. The topological polar surface area (TPSA) is 137 Å². The van der Waals surface area contributed by atoms with E-state index in [1.165, 1.54) is 31.7 Å². The molecular weight excluding hydrogens is 399 g/mol. The first-order valence-electron chi connectivity index (χ1n) is 10.8. The molecule has 0 bridgehead atoms. The maximum Gasteiger partial charge on any atom is 0.570 e. The highest BCUT2D eigenvalue weighted by atomic mass is 16.5. The van der Waals surface area contributed by atoms with Crippen LogP contribution in [-0.2, 0) is 6.42 Å². The Hall–Kier alpha value is -2.43. The van der Waals surface area contributed by atoms with Crippen molar-refractivity contribution in [2.75, 3.05) is 19.6 Å². The Morgan fingerprint density at radius 3 is 2.65 bits per heavy atom. The Morgan fingerprint density at radius 2 is 2.06 bits per heavy atom. The number of aliphatic hydroxyl groups is 1. The van der Waals surface area contributed by atoms with E-state index >= 15 is 0 Å². The summed E-state index contributed by atoms with van der Waals surface area (Å²) in [5, 5.41) is 25.2. The van der Waals surface area contributed by atoms with Gasteiger partial charge in [-0.25, -0.2) is 4.79 Å².